The minimum Gasteiger partial charge on any atom is -0.377 e. The van der Waals surface area contributed by atoms with E-state index in [1.165, 1.54) is 19.3 Å². The van der Waals surface area contributed by atoms with E-state index in [-0.39, 0.29) is 12.0 Å². The number of nitrogens with zero attached hydrogens (tertiary/aromatic N) is 1. The van der Waals surface area contributed by atoms with Gasteiger partial charge in [-0.3, -0.25) is 15.5 Å². The van der Waals surface area contributed by atoms with Crippen LogP contribution in [0, 0.1) is 23.7 Å². The summed E-state index contributed by atoms with van der Waals surface area (Å²) in [5.74, 6) is 1.87. The van der Waals surface area contributed by atoms with Crippen molar-refractivity contribution in [3.63, 3.8) is 0 Å². The van der Waals surface area contributed by atoms with Crippen molar-refractivity contribution in [3.05, 3.63) is 12.2 Å². The van der Waals surface area contributed by atoms with Gasteiger partial charge in [0.25, 0.3) is 0 Å². The molecule has 0 aromatic rings. The van der Waals surface area contributed by atoms with Gasteiger partial charge in [-0.2, -0.15) is 0 Å². The number of likely N-dealkylation sites (N-methyl/N-ethyl adjacent to an activating group) is 1. The van der Waals surface area contributed by atoms with Crippen LogP contribution in [0.2, 0.25) is 0 Å². The predicted octanol–water partition coefficient (Wildman–Crippen LogP) is 1.45. The Hall–Kier alpha value is -0.530. The molecule has 3 aliphatic heterocycles. The molecule has 7 unspecified atom stereocenters. The topological polar surface area (TPSA) is 59.6 Å². The molecule has 0 radical (unpaired) electrons. The molecular formula is C21H37FN4O. The fourth-order valence-corrected chi connectivity index (χ4v) is 6.10. The smallest absolute Gasteiger partial charge is 0.121 e. The van der Waals surface area contributed by atoms with Crippen LogP contribution in [0.25, 0.3) is 0 Å². The molecular weight excluding hydrogens is 343 g/mol. The minimum absolute atomic E-state index is 0.123. The SMILES string of the molecule is CNC(O)C1CN[C@H]2CCC([C@@H]3CCCNC3C3C=CC(F)C(C)C3)CN12. The Balaban J connectivity index is 1.47. The molecule has 0 amide bonds. The molecule has 5 nitrogen and oxygen atoms in total. The van der Waals surface area contributed by atoms with E-state index >= 15 is 0 Å². The Morgan fingerprint density at radius 1 is 1.22 bits per heavy atom. The molecule has 4 aliphatic rings. The zero-order chi connectivity index (χ0) is 19.0. The number of aliphatic hydroxyl groups excluding tert-OH is 1. The Labute approximate surface area is 163 Å². The molecule has 154 valence electrons. The number of hydrogen-bond donors (Lipinski definition) is 4. The zero-order valence-electron chi connectivity index (χ0n) is 16.8. The second kappa shape index (κ2) is 8.46. The summed E-state index contributed by atoms with van der Waals surface area (Å²) >= 11 is 0. The van der Waals surface area contributed by atoms with Crippen LogP contribution in [0.3, 0.4) is 0 Å². The van der Waals surface area contributed by atoms with Crippen LogP contribution < -0.4 is 16.0 Å². The molecule has 0 saturated carbocycles. The van der Waals surface area contributed by atoms with Crippen LogP contribution in [0.5, 0.6) is 0 Å². The number of aliphatic hydroxyl groups is 1. The van der Waals surface area contributed by atoms with Crippen molar-refractivity contribution in [2.24, 2.45) is 23.7 Å². The highest BCUT2D eigenvalue weighted by Gasteiger charge is 2.45. The summed E-state index contributed by atoms with van der Waals surface area (Å²) in [4.78, 5) is 2.50. The van der Waals surface area contributed by atoms with Crippen molar-refractivity contribution >= 4 is 0 Å². The number of alkyl halides is 1. The Morgan fingerprint density at radius 3 is 2.85 bits per heavy atom. The molecule has 27 heavy (non-hydrogen) atoms. The van der Waals surface area contributed by atoms with Gasteiger partial charge < -0.3 is 10.4 Å². The summed E-state index contributed by atoms with van der Waals surface area (Å²) in [6.45, 7) is 5.04. The van der Waals surface area contributed by atoms with Gasteiger partial charge >= 0.3 is 0 Å². The van der Waals surface area contributed by atoms with E-state index in [9.17, 15) is 9.50 Å². The van der Waals surface area contributed by atoms with Gasteiger partial charge in [0.05, 0.1) is 12.2 Å². The molecule has 4 N–H and O–H groups in total. The van der Waals surface area contributed by atoms with E-state index in [2.05, 4.69) is 26.9 Å². The van der Waals surface area contributed by atoms with Gasteiger partial charge in [0, 0.05) is 19.1 Å². The maximum Gasteiger partial charge on any atom is 0.121 e. The molecule has 9 atom stereocenters. The molecule has 6 heteroatoms. The number of fused-ring (bicyclic) bond motifs is 1. The first-order chi connectivity index (χ1) is 13.1. The lowest BCUT2D eigenvalue weighted by molar-refractivity contribution is -0.00367. The second-order valence-electron chi connectivity index (χ2n) is 9.25. The Morgan fingerprint density at radius 2 is 2.07 bits per heavy atom. The average Bonchev–Trinajstić information content (AvgIpc) is 3.12. The standard InChI is InChI=1S/C21H37FN4O/c1-13-10-14(5-7-17(13)22)20-16(4-3-9-24-20)15-6-8-19-25-11-18(21(27)23-2)26(19)12-15/h5,7,13-21,23-25,27H,3-4,6,8-12H2,1-2H3/t13?,14?,15?,16-,17?,18?,19+,20?,21?/m0/s1. The second-order valence-corrected chi connectivity index (χ2v) is 9.25. The highest BCUT2D eigenvalue weighted by Crippen LogP contribution is 2.40. The van der Waals surface area contributed by atoms with Crippen molar-refractivity contribution < 1.29 is 9.50 Å². The fourth-order valence-electron chi connectivity index (χ4n) is 6.10. The number of nitrogens with one attached hydrogen (secondary N) is 3. The van der Waals surface area contributed by atoms with Crippen LogP contribution in [-0.4, -0.2) is 67.3 Å². The van der Waals surface area contributed by atoms with Gasteiger partial charge in [-0.15, -0.1) is 0 Å². The van der Waals surface area contributed by atoms with Gasteiger partial charge in [-0.05, 0) is 69.4 Å². The molecule has 3 heterocycles. The maximum atomic E-state index is 13.9. The largest absolute Gasteiger partial charge is 0.377 e. The van der Waals surface area contributed by atoms with Crippen molar-refractivity contribution in [3.8, 4) is 0 Å². The van der Waals surface area contributed by atoms with E-state index in [1.807, 2.05) is 14.0 Å². The molecule has 3 fully saturated rings. The van der Waals surface area contributed by atoms with E-state index < -0.39 is 12.4 Å². The first-order valence-corrected chi connectivity index (χ1v) is 11.0. The first-order valence-electron chi connectivity index (χ1n) is 11.0. The molecule has 3 saturated heterocycles. The van der Waals surface area contributed by atoms with Crippen LogP contribution in [0.4, 0.5) is 4.39 Å². The van der Waals surface area contributed by atoms with Crippen molar-refractivity contribution in [1.29, 1.82) is 0 Å². The summed E-state index contributed by atoms with van der Waals surface area (Å²) in [7, 11) is 1.83. The third kappa shape index (κ3) is 3.97. The number of piperidine rings is 2. The van der Waals surface area contributed by atoms with Crippen LogP contribution in [0.15, 0.2) is 12.2 Å². The fraction of sp³-hybridized carbons (Fsp3) is 0.905. The van der Waals surface area contributed by atoms with Crippen molar-refractivity contribution in [2.45, 2.75) is 69.7 Å². The summed E-state index contributed by atoms with van der Waals surface area (Å²) < 4.78 is 13.9. The summed E-state index contributed by atoms with van der Waals surface area (Å²) in [6, 6.07) is 0.620. The van der Waals surface area contributed by atoms with Crippen LogP contribution >= 0.6 is 0 Å². The third-order valence-corrected chi connectivity index (χ3v) is 7.66. The number of hydrogen-bond acceptors (Lipinski definition) is 5. The van der Waals surface area contributed by atoms with Crippen LogP contribution in [0.1, 0.15) is 39.0 Å². The first kappa shape index (κ1) is 19.8. The number of rotatable bonds is 4. The molecule has 0 aromatic carbocycles. The molecule has 0 spiro atoms. The van der Waals surface area contributed by atoms with E-state index in [0.717, 1.165) is 32.5 Å². The van der Waals surface area contributed by atoms with Crippen LogP contribution in [-0.2, 0) is 0 Å². The highest BCUT2D eigenvalue weighted by molar-refractivity contribution is 5.08. The molecule has 0 bridgehead atoms. The average molecular weight is 381 g/mol. The zero-order valence-corrected chi connectivity index (χ0v) is 16.8. The monoisotopic (exact) mass is 380 g/mol. The quantitative estimate of drug-likeness (QED) is 0.439. The van der Waals surface area contributed by atoms with Gasteiger partial charge in [0.15, 0.2) is 0 Å². The maximum absolute atomic E-state index is 13.9. The van der Waals surface area contributed by atoms with Crippen molar-refractivity contribution in [1.82, 2.24) is 20.9 Å². The van der Waals surface area contributed by atoms with E-state index in [0.29, 0.717) is 30.0 Å². The third-order valence-electron chi connectivity index (χ3n) is 7.66. The number of allylic oxidation sites excluding steroid dienone is 1. The van der Waals surface area contributed by atoms with Gasteiger partial charge in [-0.25, -0.2) is 4.39 Å². The lowest BCUT2D eigenvalue weighted by Gasteiger charge is -2.47. The van der Waals surface area contributed by atoms with E-state index in [4.69, 9.17) is 0 Å². The molecule has 1 aliphatic carbocycles. The minimum atomic E-state index is -0.779. The van der Waals surface area contributed by atoms with Gasteiger partial charge in [-0.1, -0.05) is 19.1 Å². The lowest BCUT2D eigenvalue weighted by atomic mass is 9.69. The number of halogens is 1. The van der Waals surface area contributed by atoms with Gasteiger partial charge in [0.1, 0.15) is 12.4 Å². The summed E-state index contributed by atoms with van der Waals surface area (Å²) in [5, 5.41) is 20.8. The lowest BCUT2D eigenvalue weighted by Crippen LogP contribution is -2.56. The highest BCUT2D eigenvalue weighted by atomic mass is 19.1. The normalized spacial score (nSPS) is 47.0. The summed E-state index contributed by atoms with van der Waals surface area (Å²) in [6.07, 6.45) is 8.96. The predicted molar refractivity (Wildman–Crippen MR) is 106 cm³/mol. The molecule has 0 aromatic heterocycles. The summed E-state index contributed by atoms with van der Waals surface area (Å²) in [5.41, 5.74) is 0. The Kier molecular flexibility index (Phi) is 6.19. The Bertz CT molecular complexity index is 532. The van der Waals surface area contributed by atoms with Gasteiger partial charge in [0.2, 0.25) is 0 Å². The van der Waals surface area contributed by atoms with Crippen molar-refractivity contribution in [2.75, 3.05) is 26.7 Å². The molecule has 4 rings (SSSR count). The van der Waals surface area contributed by atoms with E-state index in [1.54, 1.807) is 6.08 Å².